The van der Waals surface area contributed by atoms with E-state index in [1.807, 2.05) is 0 Å². The van der Waals surface area contributed by atoms with Crippen LogP contribution in [-0.4, -0.2) is 0 Å². The van der Waals surface area contributed by atoms with Crippen LogP contribution in [0.25, 0.3) is 0 Å². The zero-order chi connectivity index (χ0) is 16.5. The first kappa shape index (κ1) is 20.9. The van der Waals surface area contributed by atoms with Gasteiger partial charge in [0.05, 0.1) is 0 Å². The van der Waals surface area contributed by atoms with Crippen molar-refractivity contribution in [2.45, 2.75) is 105 Å². The molecule has 0 heterocycles. The highest BCUT2D eigenvalue weighted by Crippen LogP contribution is 2.20. The van der Waals surface area contributed by atoms with E-state index in [0.29, 0.717) is 0 Å². The Bertz CT molecular complexity index is 403. The molecule has 0 radical (unpaired) electrons. The van der Waals surface area contributed by atoms with Gasteiger partial charge in [-0.15, -0.1) is 11.8 Å². The third kappa shape index (κ3) is 11.5. The maximum absolute atomic E-state index is 3.48. The molecular weight excluding hydrogens is 264 g/mol. The molecule has 0 saturated heterocycles. The second-order valence-corrected chi connectivity index (χ2v) is 5.94. The molecule has 0 N–H and O–H groups in total. The van der Waals surface area contributed by atoms with Gasteiger partial charge < -0.3 is 0 Å². The lowest BCUT2D eigenvalue weighted by Crippen LogP contribution is -1.92. The minimum atomic E-state index is 1.00. The van der Waals surface area contributed by atoms with Gasteiger partial charge in [-0.05, 0) is 32.1 Å². The molecule has 0 spiro atoms. The number of rotatable bonds is 10. The van der Waals surface area contributed by atoms with Crippen LogP contribution in [0.5, 0.6) is 0 Å². The maximum Gasteiger partial charge on any atom is 0.0126 e. The van der Waals surface area contributed by atoms with E-state index in [1.165, 1.54) is 50.5 Å². The first-order valence-electron chi connectivity index (χ1n) is 9.45. The Morgan fingerprint density at radius 3 is 1.77 bits per heavy atom. The van der Waals surface area contributed by atoms with Gasteiger partial charge in [-0.25, -0.2) is 0 Å². The van der Waals surface area contributed by atoms with Gasteiger partial charge >= 0.3 is 0 Å². The molecule has 0 aromatic carbocycles. The summed E-state index contributed by atoms with van der Waals surface area (Å²) in [6.07, 6.45) is 13.9. The molecule has 0 aliphatic heterocycles. The van der Waals surface area contributed by atoms with Crippen LogP contribution in [0, 0.1) is 23.7 Å². The monoisotopic (exact) mass is 300 g/mol. The summed E-state index contributed by atoms with van der Waals surface area (Å²) < 4.78 is 0. The van der Waals surface area contributed by atoms with Crippen molar-refractivity contribution in [1.29, 1.82) is 0 Å². The van der Waals surface area contributed by atoms with Gasteiger partial charge in [-0.2, -0.15) is 0 Å². The normalized spacial score (nSPS) is 11.1. The van der Waals surface area contributed by atoms with Crippen molar-refractivity contribution in [3.63, 3.8) is 0 Å². The van der Waals surface area contributed by atoms with Gasteiger partial charge in [-0.3, -0.25) is 0 Å². The molecule has 0 aromatic heterocycles. The molecule has 22 heavy (non-hydrogen) atoms. The van der Waals surface area contributed by atoms with E-state index >= 15 is 0 Å². The largest absolute Gasteiger partial charge is 0.103 e. The summed E-state index contributed by atoms with van der Waals surface area (Å²) in [5.74, 6) is 13.5. The highest BCUT2D eigenvalue weighted by atomic mass is 14.1. The lowest BCUT2D eigenvalue weighted by atomic mass is 9.96. The fraction of sp³-hybridized carbons (Fsp3) is 0.727. The van der Waals surface area contributed by atoms with Gasteiger partial charge in [0, 0.05) is 24.8 Å². The fourth-order valence-corrected chi connectivity index (χ4v) is 2.40. The lowest BCUT2D eigenvalue weighted by Gasteiger charge is -2.09. The van der Waals surface area contributed by atoms with Crippen molar-refractivity contribution in [3.05, 3.63) is 11.1 Å². The molecule has 0 aromatic rings. The summed E-state index contributed by atoms with van der Waals surface area (Å²) in [6, 6.07) is 0. The first-order chi connectivity index (χ1) is 10.8. The second kappa shape index (κ2) is 16.2. The van der Waals surface area contributed by atoms with E-state index in [9.17, 15) is 0 Å². The second-order valence-electron chi connectivity index (χ2n) is 5.94. The summed E-state index contributed by atoms with van der Waals surface area (Å²) in [4.78, 5) is 0. The van der Waals surface area contributed by atoms with Gasteiger partial charge in [0.1, 0.15) is 0 Å². The molecule has 0 heteroatoms. The summed E-state index contributed by atoms with van der Waals surface area (Å²) in [5, 5.41) is 0. The average Bonchev–Trinajstić information content (AvgIpc) is 2.53. The molecule has 0 atom stereocenters. The van der Waals surface area contributed by atoms with Gasteiger partial charge in [-0.1, -0.05) is 70.8 Å². The lowest BCUT2D eigenvalue weighted by molar-refractivity contribution is 0.798. The summed E-state index contributed by atoms with van der Waals surface area (Å²) in [7, 11) is 0. The van der Waals surface area contributed by atoms with Crippen LogP contribution in [0.4, 0.5) is 0 Å². The third-order valence-corrected chi connectivity index (χ3v) is 3.71. The van der Waals surface area contributed by atoms with E-state index < -0.39 is 0 Å². The summed E-state index contributed by atoms with van der Waals surface area (Å²) in [5.41, 5.74) is 2.98. The van der Waals surface area contributed by atoms with Crippen molar-refractivity contribution in [2.24, 2.45) is 0 Å². The number of hydrogen-bond acceptors (Lipinski definition) is 0. The van der Waals surface area contributed by atoms with Crippen molar-refractivity contribution in [2.75, 3.05) is 0 Å². The topological polar surface area (TPSA) is 0 Å². The Morgan fingerprint density at radius 2 is 1.18 bits per heavy atom. The van der Waals surface area contributed by atoms with Crippen molar-refractivity contribution in [3.8, 4) is 23.7 Å². The minimum absolute atomic E-state index is 1.00. The van der Waals surface area contributed by atoms with E-state index in [4.69, 9.17) is 0 Å². The standard InChI is InChI=1S/C22H36/c1-5-9-11-13-14-16-20-22(18-8-4)21(17-7-3)19-15-12-10-6-2/h5-12,16-18,20H2,1-4H3/b22-21-. The van der Waals surface area contributed by atoms with Crippen LogP contribution in [-0.2, 0) is 0 Å². The van der Waals surface area contributed by atoms with Crippen LogP contribution in [0.15, 0.2) is 11.1 Å². The molecular formula is C22H36. The molecule has 0 unspecified atom stereocenters. The molecule has 0 aliphatic rings. The first-order valence-corrected chi connectivity index (χ1v) is 9.45. The van der Waals surface area contributed by atoms with Crippen molar-refractivity contribution in [1.82, 2.24) is 0 Å². The van der Waals surface area contributed by atoms with E-state index in [2.05, 4.69) is 51.4 Å². The minimum Gasteiger partial charge on any atom is -0.103 e. The Labute approximate surface area is 140 Å². The maximum atomic E-state index is 3.48. The fourth-order valence-electron chi connectivity index (χ4n) is 2.40. The molecule has 0 saturated carbocycles. The Morgan fingerprint density at radius 1 is 0.591 bits per heavy atom. The van der Waals surface area contributed by atoms with Crippen LogP contribution in [0.1, 0.15) is 105 Å². The molecule has 0 rings (SSSR count). The smallest absolute Gasteiger partial charge is 0.0126 e. The highest BCUT2D eigenvalue weighted by Gasteiger charge is 2.03. The van der Waals surface area contributed by atoms with Crippen LogP contribution in [0.2, 0.25) is 0 Å². The van der Waals surface area contributed by atoms with Crippen molar-refractivity contribution >= 4 is 0 Å². The predicted molar refractivity (Wildman–Crippen MR) is 101 cm³/mol. The summed E-state index contributed by atoms with van der Waals surface area (Å²) in [6.45, 7) is 8.96. The average molecular weight is 301 g/mol. The Hall–Kier alpha value is -1.14. The van der Waals surface area contributed by atoms with E-state index in [1.54, 1.807) is 5.57 Å². The quantitative estimate of drug-likeness (QED) is 0.299. The molecule has 0 aliphatic carbocycles. The van der Waals surface area contributed by atoms with Crippen LogP contribution < -0.4 is 0 Å². The van der Waals surface area contributed by atoms with Crippen LogP contribution in [0.3, 0.4) is 0 Å². The highest BCUT2D eigenvalue weighted by molar-refractivity contribution is 5.34. The van der Waals surface area contributed by atoms with Gasteiger partial charge in [0.15, 0.2) is 0 Å². The zero-order valence-electron chi connectivity index (χ0n) is 15.5. The molecule has 0 bridgehead atoms. The zero-order valence-corrected chi connectivity index (χ0v) is 15.5. The molecule has 0 nitrogen and oxygen atoms in total. The third-order valence-electron chi connectivity index (χ3n) is 3.71. The molecule has 0 amide bonds. The summed E-state index contributed by atoms with van der Waals surface area (Å²) >= 11 is 0. The predicted octanol–water partition coefficient (Wildman–Crippen LogP) is 7.05. The molecule has 0 fully saturated rings. The molecule has 124 valence electrons. The number of allylic oxidation sites excluding steroid dienone is 2. The van der Waals surface area contributed by atoms with Crippen molar-refractivity contribution < 1.29 is 0 Å². The van der Waals surface area contributed by atoms with Gasteiger partial charge in [0.25, 0.3) is 0 Å². The van der Waals surface area contributed by atoms with Crippen LogP contribution >= 0.6 is 0 Å². The van der Waals surface area contributed by atoms with E-state index in [0.717, 1.165) is 32.1 Å². The Kier molecular flexibility index (Phi) is 15.4. The Balaban J connectivity index is 4.73. The number of hydrogen-bond donors (Lipinski definition) is 0. The number of unbranched alkanes of at least 4 members (excludes halogenated alkanes) is 4. The SMILES string of the molecule is CCCCC#CCC/C(CCC)=C(\C#CCCCC)CCC. The van der Waals surface area contributed by atoms with E-state index in [-0.39, 0.29) is 0 Å². The van der Waals surface area contributed by atoms with Gasteiger partial charge in [0.2, 0.25) is 0 Å².